The minimum absolute atomic E-state index is 0.00687. The molecular formula is C20H13Cl2N3OS. The van der Waals surface area contributed by atoms with E-state index >= 15 is 0 Å². The van der Waals surface area contributed by atoms with E-state index in [2.05, 4.69) is 16.4 Å². The molecule has 0 radical (unpaired) electrons. The highest BCUT2D eigenvalue weighted by atomic mass is 35.5. The average molecular weight is 414 g/mol. The van der Waals surface area contributed by atoms with Crippen LogP contribution in [0.2, 0.25) is 10.0 Å². The second-order valence-electron chi connectivity index (χ2n) is 5.61. The van der Waals surface area contributed by atoms with E-state index in [-0.39, 0.29) is 5.78 Å². The molecule has 0 atom stereocenters. The Hall–Kier alpha value is -2.65. The van der Waals surface area contributed by atoms with Crippen LogP contribution in [0.1, 0.15) is 22.3 Å². The number of hydrogen-bond acceptors (Lipinski definition) is 5. The van der Waals surface area contributed by atoms with E-state index in [0.717, 1.165) is 16.9 Å². The van der Waals surface area contributed by atoms with Crippen LogP contribution in [-0.2, 0) is 0 Å². The molecule has 134 valence electrons. The summed E-state index contributed by atoms with van der Waals surface area (Å²) in [5.41, 5.74) is 3.37. The molecule has 0 aliphatic carbocycles. The van der Waals surface area contributed by atoms with Gasteiger partial charge in [-0.15, -0.1) is 11.3 Å². The van der Waals surface area contributed by atoms with Gasteiger partial charge in [0.25, 0.3) is 0 Å². The van der Waals surface area contributed by atoms with E-state index < -0.39 is 0 Å². The molecule has 3 rings (SSSR count). The largest absolute Gasteiger partial charge is 0.360 e. The van der Waals surface area contributed by atoms with E-state index in [4.69, 9.17) is 23.2 Å². The number of nitrogens with one attached hydrogen (secondary N) is 1. The lowest BCUT2D eigenvalue weighted by Crippen LogP contribution is -1.94. The number of benzene rings is 2. The van der Waals surface area contributed by atoms with Crippen molar-refractivity contribution in [3.8, 4) is 17.3 Å². The van der Waals surface area contributed by atoms with Crippen LogP contribution in [-0.4, -0.2) is 10.8 Å². The van der Waals surface area contributed by atoms with Crippen molar-refractivity contribution >= 4 is 51.6 Å². The number of anilines is 1. The van der Waals surface area contributed by atoms with Crippen molar-refractivity contribution < 1.29 is 4.79 Å². The molecule has 0 aliphatic heterocycles. The second kappa shape index (κ2) is 8.36. The van der Waals surface area contributed by atoms with Crippen molar-refractivity contribution in [1.82, 2.24) is 4.98 Å². The minimum Gasteiger partial charge on any atom is -0.360 e. The van der Waals surface area contributed by atoms with Gasteiger partial charge < -0.3 is 5.32 Å². The van der Waals surface area contributed by atoms with E-state index in [1.54, 1.807) is 42.6 Å². The van der Waals surface area contributed by atoms with Gasteiger partial charge in [-0.25, -0.2) is 4.98 Å². The summed E-state index contributed by atoms with van der Waals surface area (Å²) in [6.45, 7) is 1.52. The highest BCUT2D eigenvalue weighted by molar-refractivity contribution is 7.11. The Bertz CT molecular complexity index is 1070. The Morgan fingerprint density at radius 1 is 1.19 bits per heavy atom. The fraction of sp³-hybridized carbons (Fsp3) is 0.0500. The van der Waals surface area contributed by atoms with Gasteiger partial charge in [0.1, 0.15) is 16.6 Å². The molecule has 0 amide bonds. The SMILES string of the molecule is CC(=O)c1ccc(NC=C(C#N)c2nc(-c3ccc(Cl)c(Cl)c3)cs2)cc1. The number of carbonyl (C=O) groups excluding carboxylic acids is 1. The van der Waals surface area contributed by atoms with E-state index in [1.807, 2.05) is 11.4 Å². The molecule has 0 bridgehead atoms. The van der Waals surface area contributed by atoms with Crippen molar-refractivity contribution in [2.24, 2.45) is 0 Å². The number of thiazole rings is 1. The molecule has 3 aromatic rings. The van der Waals surface area contributed by atoms with Gasteiger partial charge in [-0.1, -0.05) is 29.3 Å². The molecule has 7 heteroatoms. The van der Waals surface area contributed by atoms with Gasteiger partial charge >= 0.3 is 0 Å². The predicted octanol–water partition coefficient (Wildman–Crippen LogP) is 6.30. The van der Waals surface area contributed by atoms with Gasteiger partial charge in [-0.05, 0) is 43.3 Å². The van der Waals surface area contributed by atoms with Gasteiger partial charge in [0.2, 0.25) is 0 Å². The van der Waals surface area contributed by atoms with Crippen LogP contribution in [0.15, 0.2) is 54.0 Å². The monoisotopic (exact) mass is 413 g/mol. The highest BCUT2D eigenvalue weighted by Gasteiger charge is 2.10. The van der Waals surface area contributed by atoms with Crippen LogP contribution in [0.5, 0.6) is 0 Å². The maximum Gasteiger partial charge on any atom is 0.159 e. The Morgan fingerprint density at radius 2 is 1.93 bits per heavy atom. The first-order chi connectivity index (χ1) is 13.0. The summed E-state index contributed by atoms with van der Waals surface area (Å²) in [5, 5.41) is 15.9. The maximum absolute atomic E-state index is 11.3. The summed E-state index contributed by atoms with van der Waals surface area (Å²) in [7, 11) is 0. The van der Waals surface area contributed by atoms with Gasteiger partial charge in [0.15, 0.2) is 5.78 Å². The first kappa shape index (κ1) is 19.1. The van der Waals surface area contributed by atoms with Crippen molar-refractivity contribution in [2.75, 3.05) is 5.32 Å². The van der Waals surface area contributed by atoms with Gasteiger partial charge in [-0.2, -0.15) is 5.26 Å². The van der Waals surface area contributed by atoms with E-state index in [1.165, 1.54) is 18.3 Å². The number of rotatable bonds is 5. The molecule has 27 heavy (non-hydrogen) atoms. The molecule has 0 saturated heterocycles. The molecule has 1 N–H and O–H groups in total. The second-order valence-corrected chi connectivity index (χ2v) is 7.29. The molecule has 0 spiro atoms. The van der Waals surface area contributed by atoms with Crippen LogP contribution in [0.25, 0.3) is 16.8 Å². The zero-order valence-corrected chi connectivity index (χ0v) is 16.5. The lowest BCUT2D eigenvalue weighted by Gasteiger charge is -2.02. The lowest BCUT2D eigenvalue weighted by atomic mass is 10.1. The zero-order valence-electron chi connectivity index (χ0n) is 14.2. The number of carbonyl (C=O) groups is 1. The normalized spacial score (nSPS) is 11.1. The minimum atomic E-state index is 0.00687. The van der Waals surface area contributed by atoms with E-state index in [0.29, 0.717) is 26.2 Å². The zero-order chi connectivity index (χ0) is 19.4. The molecule has 0 aliphatic rings. The first-order valence-electron chi connectivity index (χ1n) is 7.87. The van der Waals surface area contributed by atoms with Crippen LogP contribution in [0, 0.1) is 11.3 Å². The number of halogens is 2. The number of ketones is 1. The fourth-order valence-corrected chi connectivity index (χ4v) is 3.38. The third-order valence-corrected chi connectivity index (χ3v) is 5.36. The molecule has 0 saturated carbocycles. The van der Waals surface area contributed by atoms with E-state index in [9.17, 15) is 10.1 Å². The molecule has 0 fully saturated rings. The van der Waals surface area contributed by atoms with Crippen LogP contribution in [0.3, 0.4) is 0 Å². The van der Waals surface area contributed by atoms with Crippen molar-refractivity contribution in [3.05, 3.63) is 74.7 Å². The average Bonchev–Trinajstić information content (AvgIpc) is 3.15. The molecule has 4 nitrogen and oxygen atoms in total. The van der Waals surface area contributed by atoms with Crippen molar-refractivity contribution in [2.45, 2.75) is 6.92 Å². The Kier molecular flexibility index (Phi) is 5.92. The summed E-state index contributed by atoms with van der Waals surface area (Å²) in [4.78, 5) is 15.8. The van der Waals surface area contributed by atoms with Crippen molar-refractivity contribution in [1.29, 1.82) is 5.26 Å². The molecule has 2 aromatic carbocycles. The summed E-state index contributed by atoms with van der Waals surface area (Å²) < 4.78 is 0. The summed E-state index contributed by atoms with van der Waals surface area (Å²) in [6, 6.07) is 14.5. The molecular weight excluding hydrogens is 401 g/mol. The molecule has 1 heterocycles. The molecule has 0 unspecified atom stereocenters. The molecule has 1 aromatic heterocycles. The van der Waals surface area contributed by atoms with Crippen LogP contribution in [0.4, 0.5) is 5.69 Å². The van der Waals surface area contributed by atoms with Crippen molar-refractivity contribution in [3.63, 3.8) is 0 Å². The number of aromatic nitrogens is 1. The Morgan fingerprint density at radius 3 is 2.56 bits per heavy atom. The Labute approximate surface area is 170 Å². The standard InChI is InChI=1S/C20H13Cl2N3OS/c1-12(26)13-2-5-16(6-3-13)24-10-15(9-23)20-25-19(11-27-20)14-4-7-17(21)18(22)8-14/h2-8,10-11,24H,1H3. The quantitative estimate of drug-likeness (QED) is 0.393. The highest BCUT2D eigenvalue weighted by Crippen LogP contribution is 2.30. The smallest absolute Gasteiger partial charge is 0.159 e. The topological polar surface area (TPSA) is 65.8 Å². The van der Waals surface area contributed by atoms with Gasteiger partial charge in [0, 0.05) is 28.4 Å². The number of nitrogens with zero attached hydrogens (tertiary/aromatic N) is 2. The lowest BCUT2D eigenvalue weighted by molar-refractivity contribution is 0.101. The summed E-state index contributed by atoms with van der Waals surface area (Å²) >= 11 is 13.4. The van der Waals surface area contributed by atoms with Crippen LogP contribution >= 0.6 is 34.5 Å². The third kappa shape index (κ3) is 4.55. The number of Topliss-reactive ketones (excluding diaryl/α,β-unsaturated/α-hetero) is 1. The predicted molar refractivity (Wildman–Crippen MR) is 111 cm³/mol. The van der Waals surface area contributed by atoms with Gasteiger partial charge in [0.05, 0.1) is 15.7 Å². The summed E-state index contributed by atoms with van der Waals surface area (Å²) in [5.74, 6) is 0.00687. The number of nitriles is 1. The number of hydrogen-bond donors (Lipinski definition) is 1. The maximum atomic E-state index is 11.3. The fourth-order valence-electron chi connectivity index (χ4n) is 2.28. The van der Waals surface area contributed by atoms with Crippen LogP contribution < -0.4 is 5.32 Å². The Balaban J connectivity index is 1.80. The summed E-state index contributed by atoms with van der Waals surface area (Å²) in [6.07, 6.45) is 1.60. The first-order valence-corrected chi connectivity index (χ1v) is 9.50. The van der Waals surface area contributed by atoms with Gasteiger partial charge in [-0.3, -0.25) is 4.79 Å². The number of allylic oxidation sites excluding steroid dienone is 1. The third-order valence-electron chi connectivity index (χ3n) is 3.75.